The standard InChI is InChI=1S/C16H28F3N5O/c1-5-13-12(14(6-2)25-23-13)10-22-15(20-3)21-8-7-9-24(4)11-16(17,18)19/h5-11H2,1-4H3,(H2,20,21,22). The van der Waals surface area contributed by atoms with E-state index in [1.807, 2.05) is 13.8 Å². The summed E-state index contributed by atoms with van der Waals surface area (Å²) in [5.74, 6) is 1.46. The van der Waals surface area contributed by atoms with Crippen molar-refractivity contribution in [3.63, 3.8) is 0 Å². The molecule has 2 N–H and O–H groups in total. The van der Waals surface area contributed by atoms with Crippen molar-refractivity contribution in [2.75, 3.05) is 33.7 Å². The molecule has 0 aliphatic carbocycles. The minimum absolute atomic E-state index is 0.356. The summed E-state index contributed by atoms with van der Waals surface area (Å²) >= 11 is 0. The molecule has 0 fully saturated rings. The van der Waals surface area contributed by atoms with Crippen LogP contribution in [0, 0.1) is 0 Å². The molecular weight excluding hydrogens is 335 g/mol. The molecule has 0 aliphatic heterocycles. The van der Waals surface area contributed by atoms with Crippen LogP contribution in [0.15, 0.2) is 9.52 Å². The molecule has 0 aromatic carbocycles. The zero-order chi connectivity index (χ0) is 18.9. The first-order valence-corrected chi connectivity index (χ1v) is 8.46. The van der Waals surface area contributed by atoms with Gasteiger partial charge in [0.2, 0.25) is 0 Å². The molecule has 0 unspecified atom stereocenters. The Morgan fingerprint density at radius 3 is 2.52 bits per heavy atom. The molecule has 0 saturated heterocycles. The molecule has 1 aromatic heterocycles. The van der Waals surface area contributed by atoms with Gasteiger partial charge in [-0.3, -0.25) is 9.89 Å². The van der Waals surface area contributed by atoms with Gasteiger partial charge < -0.3 is 15.2 Å². The number of hydrogen-bond donors (Lipinski definition) is 2. The van der Waals surface area contributed by atoms with Gasteiger partial charge in [0.05, 0.1) is 12.2 Å². The topological polar surface area (TPSA) is 65.7 Å². The van der Waals surface area contributed by atoms with E-state index in [4.69, 9.17) is 4.52 Å². The first-order chi connectivity index (χ1) is 11.8. The van der Waals surface area contributed by atoms with E-state index in [2.05, 4.69) is 20.8 Å². The second-order valence-electron chi connectivity index (χ2n) is 5.80. The predicted molar refractivity (Wildman–Crippen MR) is 91.6 cm³/mol. The average molecular weight is 363 g/mol. The molecule has 0 spiro atoms. The number of rotatable bonds is 9. The maximum absolute atomic E-state index is 12.3. The maximum atomic E-state index is 12.3. The highest BCUT2D eigenvalue weighted by Gasteiger charge is 2.28. The summed E-state index contributed by atoms with van der Waals surface area (Å²) in [7, 11) is 3.12. The SMILES string of the molecule is CCc1noc(CC)c1CNC(=NC)NCCCN(C)CC(F)(F)F. The molecular formula is C16H28F3N5O. The summed E-state index contributed by atoms with van der Waals surface area (Å²) in [6.07, 6.45) is -2.02. The Kier molecular flexibility index (Phi) is 8.74. The summed E-state index contributed by atoms with van der Waals surface area (Å²) in [6, 6.07) is 0. The fourth-order valence-corrected chi connectivity index (χ4v) is 2.47. The van der Waals surface area contributed by atoms with Crippen molar-refractivity contribution in [1.82, 2.24) is 20.7 Å². The number of hydrogen-bond acceptors (Lipinski definition) is 4. The van der Waals surface area contributed by atoms with E-state index in [9.17, 15) is 13.2 Å². The van der Waals surface area contributed by atoms with Crippen molar-refractivity contribution in [2.24, 2.45) is 4.99 Å². The van der Waals surface area contributed by atoms with E-state index in [0.29, 0.717) is 32.0 Å². The van der Waals surface area contributed by atoms with Crippen LogP contribution in [-0.4, -0.2) is 55.9 Å². The van der Waals surface area contributed by atoms with Crippen molar-refractivity contribution in [3.8, 4) is 0 Å². The molecule has 1 aromatic rings. The van der Waals surface area contributed by atoms with E-state index in [0.717, 1.165) is 29.9 Å². The zero-order valence-corrected chi connectivity index (χ0v) is 15.3. The maximum Gasteiger partial charge on any atom is 0.401 e. The summed E-state index contributed by atoms with van der Waals surface area (Å²) in [5.41, 5.74) is 1.96. The molecule has 9 heteroatoms. The van der Waals surface area contributed by atoms with Crippen LogP contribution in [0.1, 0.15) is 37.3 Å². The Morgan fingerprint density at radius 2 is 1.96 bits per heavy atom. The summed E-state index contributed by atoms with van der Waals surface area (Å²) in [5, 5.41) is 10.4. The number of aromatic nitrogens is 1. The Labute approximate surface area is 146 Å². The monoisotopic (exact) mass is 363 g/mol. The summed E-state index contributed by atoms with van der Waals surface area (Å²) < 4.78 is 42.1. The molecule has 1 rings (SSSR count). The number of nitrogens with one attached hydrogen (secondary N) is 2. The minimum Gasteiger partial charge on any atom is -0.361 e. The average Bonchev–Trinajstić information content (AvgIpc) is 2.94. The van der Waals surface area contributed by atoms with Crippen LogP contribution in [0.2, 0.25) is 0 Å². The van der Waals surface area contributed by atoms with Crippen molar-refractivity contribution in [3.05, 3.63) is 17.0 Å². The number of guanidine groups is 1. The Bertz CT molecular complexity index is 521. The van der Waals surface area contributed by atoms with Gasteiger partial charge in [0.1, 0.15) is 5.76 Å². The molecule has 1 heterocycles. The van der Waals surface area contributed by atoms with E-state index in [1.54, 1.807) is 7.05 Å². The van der Waals surface area contributed by atoms with Gasteiger partial charge in [-0.25, -0.2) is 0 Å². The molecule has 0 saturated carbocycles. The minimum atomic E-state index is -4.16. The van der Waals surface area contributed by atoms with Crippen molar-refractivity contribution in [1.29, 1.82) is 0 Å². The van der Waals surface area contributed by atoms with Crippen LogP contribution in [0.4, 0.5) is 13.2 Å². The number of nitrogens with zero attached hydrogens (tertiary/aromatic N) is 3. The third kappa shape index (κ3) is 7.76. The highest BCUT2D eigenvalue weighted by Crippen LogP contribution is 2.16. The second kappa shape index (κ2) is 10.3. The van der Waals surface area contributed by atoms with Gasteiger partial charge in [0.15, 0.2) is 5.96 Å². The fourth-order valence-electron chi connectivity index (χ4n) is 2.47. The molecule has 6 nitrogen and oxygen atoms in total. The van der Waals surface area contributed by atoms with E-state index < -0.39 is 12.7 Å². The molecule has 0 aliphatic rings. The van der Waals surface area contributed by atoms with Crippen molar-refractivity contribution < 1.29 is 17.7 Å². The number of aryl methyl sites for hydroxylation is 2. The normalized spacial score (nSPS) is 12.7. The second-order valence-corrected chi connectivity index (χ2v) is 5.80. The fraction of sp³-hybridized carbons (Fsp3) is 0.750. The lowest BCUT2D eigenvalue weighted by Crippen LogP contribution is -2.39. The van der Waals surface area contributed by atoms with E-state index in [-0.39, 0.29) is 0 Å². The lowest BCUT2D eigenvalue weighted by atomic mass is 10.1. The van der Waals surface area contributed by atoms with Gasteiger partial charge >= 0.3 is 6.18 Å². The van der Waals surface area contributed by atoms with E-state index >= 15 is 0 Å². The molecule has 0 radical (unpaired) electrons. The van der Waals surface area contributed by atoms with Gasteiger partial charge in [-0.15, -0.1) is 0 Å². The predicted octanol–water partition coefficient (Wildman–Crippen LogP) is 2.35. The number of aliphatic imine (C=N–C) groups is 1. The number of halogens is 3. The molecule has 0 bridgehead atoms. The molecule has 25 heavy (non-hydrogen) atoms. The molecule has 144 valence electrons. The van der Waals surface area contributed by atoms with Crippen LogP contribution in [-0.2, 0) is 19.4 Å². The first kappa shape index (κ1) is 21.3. The van der Waals surface area contributed by atoms with Crippen molar-refractivity contribution in [2.45, 2.75) is 45.8 Å². The summed E-state index contributed by atoms with van der Waals surface area (Å²) in [6.45, 7) is 4.57. The highest BCUT2D eigenvalue weighted by atomic mass is 19.4. The van der Waals surface area contributed by atoms with Gasteiger partial charge in [0.25, 0.3) is 0 Å². The largest absolute Gasteiger partial charge is 0.401 e. The van der Waals surface area contributed by atoms with Gasteiger partial charge in [0, 0.05) is 32.1 Å². The smallest absolute Gasteiger partial charge is 0.361 e. The Balaban J connectivity index is 2.37. The third-order valence-electron chi connectivity index (χ3n) is 3.72. The quantitative estimate of drug-likeness (QED) is 0.401. The van der Waals surface area contributed by atoms with Crippen LogP contribution in [0.25, 0.3) is 0 Å². The molecule has 0 atom stereocenters. The third-order valence-corrected chi connectivity index (χ3v) is 3.72. The van der Waals surface area contributed by atoms with Gasteiger partial charge in [-0.2, -0.15) is 13.2 Å². The van der Waals surface area contributed by atoms with Crippen LogP contribution in [0.3, 0.4) is 0 Å². The van der Waals surface area contributed by atoms with Crippen LogP contribution >= 0.6 is 0 Å². The molecule has 0 amide bonds. The lowest BCUT2D eigenvalue weighted by molar-refractivity contribution is -0.143. The van der Waals surface area contributed by atoms with E-state index in [1.165, 1.54) is 11.9 Å². The Hall–Kier alpha value is -1.77. The van der Waals surface area contributed by atoms with Crippen LogP contribution < -0.4 is 10.6 Å². The lowest BCUT2D eigenvalue weighted by Gasteiger charge is -2.19. The van der Waals surface area contributed by atoms with Gasteiger partial charge in [-0.1, -0.05) is 19.0 Å². The van der Waals surface area contributed by atoms with Gasteiger partial charge in [-0.05, 0) is 26.4 Å². The number of alkyl halides is 3. The van der Waals surface area contributed by atoms with Crippen LogP contribution in [0.5, 0.6) is 0 Å². The first-order valence-electron chi connectivity index (χ1n) is 8.46. The van der Waals surface area contributed by atoms with Crippen molar-refractivity contribution >= 4 is 5.96 Å². The zero-order valence-electron chi connectivity index (χ0n) is 15.3. The Morgan fingerprint density at radius 1 is 1.24 bits per heavy atom. The highest BCUT2D eigenvalue weighted by molar-refractivity contribution is 5.79. The summed E-state index contributed by atoms with van der Waals surface area (Å²) in [4.78, 5) is 5.38.